The highest BCUT2D eigenvalue weighted by Gasteiger charge is 2.24. The van der Waals surface area contributed by atoms with Crippen LogP contribution in [-0.4, -0.2) is 20.7 Å². The van der Waals surface area contributed by atoms with E-state index >= 15 is 0 Å². The smallest absolute Gasteiger partial charge is 0.278 e. The van der Waals surface area contributed by atoms with E-state index in [1.165, 1.54) is 5.56 Å². The molecule has 1 amide bonds. The van der Waals surface area contributed by atoms with Crippen LogP contribution in [0.5, 0.6) is 0 Å². The van der Waals surface area contributed by atoms with Crippen molar-refractivity contribution in [3.05, 3.63) is 77.1 Å². The summed E-state index contributed by atoms with van der Waals surface area (Å²) in [7, 11) is 1.78. The molecule has 0 atom stereocenters. The number of thiazole rings is 1. The number of anilines is 1. The molecule has 6 heteroatoms. The fourth-order valence-electron chi connectivity index (χ4n) is 3.08. The van der Waals surface area contributed by atoms with E-state index in [0.29, 0.717) is 17.4 Å². The lowest BCUT2D eigenvalue weighted by Gasteiger charge is -2.20. The number of benzene rings is 2. The largest absolute Gasteiger partial charge is 0.278 e. The van der Waals surface area contributed by atoms with Gasteiger partial charge < -0.3 is 0 Å². The van der Waals surface area contributed by atoms with E-state index in [9.17, 15) is 4.79 Å². The first kappa shape index (κ1) is 17.4. The van der Waals surface area contributed by atoms with Crippen molar-refractivity contribution in [3.8, 4) is 0 Å². The molecule has 0 aliphatic heterocycles. The normalized spacial score (nSPS) is 11.1. The Labute approximate surface area is 161 Å². The number of aryl methyl sites for hydroxylation is 3. The summed E-state index contributed by atoms with van der Waals surface area (Å²) in [6.07, 6.45) is 1.64. The van der Waals surface area contributed by atoms with Crippen LogP contribution in [0.2, 0.25) is 0 Å². The van der Waals surface area contributed by atoms with E-state index in [2.05, 4.69) is 31.1 Å². The molecule has 27 heavy (non-hydrogen) atoms. The molecule has 2 aromatic heterocycles. The summed E-state index contributed by atoms with van der Waals surface area (Å²) in [5.74, 6) is -0.104. The SMILES string of the molecule is Cc1ccc(C)c2sc(N(Cc3ccccc3)C(=O)c3ccnn3C)nc12. The van der Waals surface area contributed by atoms with Crippen molar-refractivity contribution in [1.82, 2.24) is 14.8 Å². The van der Waals surface area contributed by atoms with Crippen molar-refractivity contribution in [2.75, 3.05) is 4.90 Å². The third-order valence-corrected chi connectivity index (χ3v) is 5.84. The Bertz CT molecular complexity index is 1070. The monoisotopic (exact) mass is 376 g/mol. The van der Waals surface area contributed by atoms with Crippen LogP contribution in [0, 0.1) is 13.8 Å². The van der Waals surface area contributed by atoms with Gasteiger partial charge >= 0.3 is 0 Å². The predicted molar refractivity (Wildman–Crippen MR) is 109 cm³/mol. The molecule has 0 bridgehead atoms. The maximum Gasteiger partial charge on any atom is 0.278 e. The van der Waals surface area contributed by atoms with Gasteiger partial charge in [-0.05, 0) is 36.6 Å². The molecular weight excluding hydrogens is 356 g/mol. The highest BCUT2D eigenvalue weighted by atomic mass is 32.1. The van der Waals surface area contributed by atoms with Crippen molar-refractivity contribution in [2.24, 2.45) is 7.05 Å². The average Bonchev–Trinajstić information content (AvgIpc) is 3.30. The van der Waals surface area contributed by atoms with Gasteiger partial charge in [0.25, 0.3) is 5.91 Å². The Balaban J connectivity index is 1.82. The van der Waals surface area contributed by atoms with E-state index < -0.39 is 0 Å². The maximum absolute atomic E-state index is 13.3. The lowest BCUT2D eigenvalue weighted by molar-refractivity contribution is 0.0976. The zero-order valence-electron chi connectivity index (χ0n) is 15.5. The van der Waals surface area contributed by atoms with Crippen LogP contribution in [0.25, 0.3) is 10.2 Å². The van der Waals surface area contributed by atoms with Gasteiger partial charge in [0.05, 0.1) is 16.8 Å². The van der Waals surface area contributed by atoms with Crippen LogP contribution in [0.1, 0.15) is 27.2 Å². The first-order valence-corrected chi connectivity index (χ1v) is 9.57. The molecule has 0 spiro atoms. The molecule has 0 N–H and O–H groups in total. The van der Waals surface area contributed by atoms with E-state index in [4.69, 9.17) is 4.98 Å². The van der Waals surface area contributed by atoms with Crippen LogP contribution in [0.4, 0.5) is 5.13 Å². The molecule has 2 heterocycles. The summed E-state index contributed by atoms with van der Waals surface area (Å²) in [5, 5.41) is 4.85. The van der Waals surface area contributed by atoms with E-state index in [-0.39, 0.29) is 5.91 Å². The standard InChI is InChI=1S/C21H20N4OS/c1-14-9-10-15(2)19-18(14)23-21(27-19)25(13-16-7-5-4-6-8-16)20(26)17-11-12-22-24(17)3/h4-12H,13H2,1-3H3. The molecule has 0 saturated carbocycles. The van der Waals surface area contributed by atoms with Crippen molar-refractivity contribution in [3.63, 3.8) is 0 Å². The number of nitrogens with zero attached hydrogens (tertiary/aromatic N) is 4. The summed E-state index contributed by atoms with van der Waals surface area (Å²) >= 11 is 1.56. The Morgan fingerprint density at radius 2 is 1.81 bits per heavy atom. The zero-order chi connectivity index (χ0) is 19.0. The van der Waals surface area contributed by atoms with Crippen LogP contribution in [0.15, 0.2) is 54.7 Å². The van der Waals surface area contributed by atoms with Gasteiger partial charge in [0.1, 0.15) is 5.69 Å². The third kappa shape index (κ3) is 3.24. The minimum absolute atomic E-state index is 0.104. The number of amides is 1. The highest BCUT2D eigenvalue weighted by Crippen LogP contribution is 2.34. The van der Waals surface area contributed by atoms with Crippen molar-refractivity contribution in [1.29, 1.82) is 0 Å². The summed E-state index contributed by atoms with van der Waals surface area (Å²) in [6, 6.07) is 15.9. The van der Waals surface area contributed by atoms with Gasteiger partial charge in [0.2, 0.25) is 0 Å². The van der Waals surface area contributed by atoms with E-state index in [0.717, 1.165) is 21.3 Å². The zero-order valence-corrected chi connectivity index (χ0v) is 16.3. The van der Waals surface area contributed by atoms with Gasteiger partial charge in [-0.2, -0.15) is 5.10 Å². The Kier molecular flexibility index (Phi) is 4.49. The predicted octanol–water partition coefficient (Wildman–Crippen LogP) is 4.49. The second kappa shape index (κ2) is 6.96. The lowest BCUT2D eigenvalue weighted by atomic mass is 10.1. The van der Waals surface area contributed by atoms with Gasteiger partial charge in [-0.25, -0.2) is 4.98 Å². The highest BCUT2D eigenvalue weighted by molar-refractivity contribution is 7.22. The maximum atomic E-state index is 13.3. The van der Waals surface area contributed by atoms with Crippen molar-refractivity contribution < 1.29 is 4.79 Å². The van der Waals surface area contributed by atoms with Crippen molar-refractivity contribution in [2.45, 2.75) is 20.4 Å². The fourth-order valence-corrected chi connectivity index (χ4v) is 4.19. The molecule has 4 rings (SSSR count). The van der Waals surface area contributed by atoms with Gasteiger partial charge in [0.15, 0.2) is 5.13 Å². The summed E-state index contributed by atoms with van der Waals surface area (Å²) in [4.78, 5) is 19.9. The summed E-state index contributed by atoms with van der Waals surface area (Å²) in [6.45, 7) is 4.59. The average molecular weight is 376 g/mol. The molecule has 4 aromatic rings. The molecule has 0 saturated heterocycles. The second-order valence-corrected chi connectivity index (χ2v) is 7.57. The minimum Gasteiger partial charge on any atom is -0.278 e. The molecule has 0 unspecified atom stereocenters. The minimum atomic E-state index is -0.104. The summed E-state index contributed by atoms with van der Waals surface area (Å²) < 4.78 is 2.73. The third-order valence-electron chi connectivity index (χ3n) is 4.63. The molecule has 2 aromatic carbocycles. The van der Waals surface area contributed by atoms with Gasteiger partial charge in [-0.3, -0.25) is 14.4 Å². The molecule has 136 valence electrons. The second-order valence-electron chi connectivity index (χ2n) is 6.59. The topological polar surface area (TPSA) is 51.0 Å². The summed E-state index contributed by atoms with van der Waals surface area (Å²) in [5.41, 5.74) is 4.85. The van der Waals surface area contributed by atoms with Crippen molar-refractivity contribution >= 4 is 32.6 Å². The first-order valence-electron chi connectivity index (χ1n) is 8.75. The van der Waals surface area contributed by atoms with Gasteiger partial charge in [-0.15, -0.1) is 0 Å². The Morgan fingerprint density at radius 1 is 1.07 bits per heavy atom. The van der Waals surface area contributed by atoms with Crippen LogP contribution in [-0.2, 0) is 13.6 Å². The Hall–Kier alpha value is -2.99. The van der Waals surface area contributed by atoms with Crippen LogP contribution >= 0.6 is 11.3 Å². The number of aromatic nitrogens is 3. The lowest BCUT2D eigenvalue weighted by Crippen LogP contribution is -2.31. The van der Waals surface area contributed by atoms with Gasteiger partial charge in [-0.1, -0.05) is 53.8 Å². The van der Waals surface area contributed by atoms with Crippen LogP contribution in [0.3, 0.4) is 0 Å². The number of carbonyl (C=O) groups is 1. The fraction of sp³-hybridized carbons (Fsp3) is 0.190. The Morgan fingerprint density at radius 3 is 2.48 bits per heavy atom. The quantitative estimate of drug-likeness (QED) is 0.527. The number of carbonyl (C=O) groups excluding carboxylic acids is 1. The molecule has 0 aliphatic rings. The molecule has 5 nitrogen and oxygen atoms in total. The molecule has 0 radical (unpaired) electrons. The molecule has 0 aliphatic carbocycles. The van der Waals surface area contributed by atoms with Gasteiger partial charge in [0, 0.05) is 13.2 Å². The number of fused-ring (bicyclic) bond motifs is 1. The van der Waals surface area contributed by atoms with E-state index in [1.807, 2.05) is 30.3 Å². The van der Waals surface area contributed by atoms with Crippen LogP contribution < -0.4 is 4.90 Å². The number of rotatable bonds is 4. The number of hydrogen-bond donors (Lipinski definition) is 0. The molecular formula is C21H20N4OS. The molecule has 0 fully saturated rings. The number of hydrogen-bond acceptors (Lipinski definition) is 4. The van der Waals surface area contributed by atoms with E-state index in [1.54, 1.807) is 40.2 Å². The first-order chi connectivity index (χ1) is 13.0.